The third-order valence-electron chi connectivity index (χ3n) is 3.43. The van der Waals surface area contributed by atoms with E-state index in [-0.39, 0.29) is 6.04 Å². The second kappa shape index (κ2) is 6.87. The largest absolute Gasteiger partial charge is 0.444 e. The summed E-state index contributed by atoms with van der Waals surface area (Å²) in [5.41, 5.74) is -0.692. The zero-order chi connectivity index (χ0) is 16.3. The van der Waals surface area contributed by atoms with Crippen LogP contribution in [0, 0.1) is 0 Å². The number of rotatable bonds is 5. The number of nitrogens with one attached hydrogen (secondary N) is 2. The first-order valence-electron chi connectivity index (χ1n) is 7.27. The molecule has 1 fully saturated rings. The molecule has 124 valence electrons. The van der Waals surface area contributed by atoms with Gasteiger partial charge < -0.3 is 20.3 Å². The Bertz CT molecular complexity index is 349. The molecule has 21 heavy (non-hydrogen) atoms. The Hall–Kier alpha value is -0.950. The van der Waals surface area contributed by atoms with Crippen LogP contribution in [0.1, 0.15) is 34.1 Å². The van der Waals surface area contributed by atoms with Crippen LogP contribution in [-0.2, 0) is 4.74 Å². The number of ether oxygens (including phenoxy) is 1. The molecule has 1 saturated heterocycles. The van der Waals surface area contributed by atoms with Crippen molar-refractivity contribution in [3.05, 3.63) is 0 Å². The lowest BCUT2D eigenvalue weighted by molar-refractivity contribution is -0.00532. The summed E-state index contributed by atoms with van der Waals surface area (Å²) in [6.07, 6.45) is 0.0305. The molecule has 1 heterocycles. The third-order valence-corrected chi connectivity index (χ3v) is 3.43. The zero-order valence-corrected chi connectivity index (χ0v) is 13.5. The average molecular weight is 307 g/mol. The van der Waals surface area contributed by atoms with E-state index in [0.717, 1.165) is 13.0 Å². The first-order valence-corrected chi connectivity index (χ1v) is 7.27. The van der Waals surface area contributed by atoms with Gasteiger partial charge in [0, 0.05) is 18.6 Å². The maximum absolute atomic E-state index is 13.7. The highest BCUT2D eigenvalue weighted by Gasteiger charge is 2.33. The molecular formula is C14H27F2N3O2. The summed E-state index contributed by atoms with van der Waals surface area (Å²) in [7, 11) is 1.98. The number of carbonyl (C=O) groups is 1. The number of likely N-dealkylation sites (N-methyl/N-ethyl adjacent to an activating group) is 1. The van der Waals surface area contributed by atoms with Gasteiger partial charge in [0.05, 0.1) is 13.1 Å². The molecule has 1 amide bonds. The number of nitrogens with zero attached hydrogens (tertiary/aromatic N) is 1. The summed E-state index contributed by atoms with van der Waals surface area (Å²) < 4.78 is 32.4. The van der Waals surface area contributed by atoms with Crippen molar-refractivity contribution in [1.82, 2.24) is 15.5 Å². The first kappa shape index (κ1) is 18.1. The minimum absolute atomic E-state index is 0.0670. The fourth-order valence-corrected chi connectivity index (χ4v) is 2.21. The Labute approximate surface area is 125 Å². The van der Waals surface area contributed by atoms with Crippen LogP contribution in [0.15, 0.2) is 0 Å². The minimum atomic E-state index is -3.00. The maximum Gasteiger partial charge on any atom is 0.407 e. The van der Waals surface area contributed by atoms with Crippen LogP contribution < -0.4 is 10.6 Å². The van der Waals surface area contributed by atoms with E-state index in [2.05, 4.69) is 22.5 Å². The minimum Gasteiger partial charge on any atom is -0.444 e. The van der Waals surface area contributed by atoms with Gasteiger partial charge in [-0.25, -0.2) is 13.6 Å². The van der Waals surface area contributed by atoms with E-state index in [9.17, 15) is 13.6 Å². The van der Waals surface area contributed by atoms with Crippen LogP contribution in [-0.4, -0.2) is 61.3 Å². The molecule has 0 aromatic heterocycles. The van der Waals surface area contributed by atoms with E-state index in [0.29, 0.717) is 6.04 Å². The molecule has 0 radical (unpaired) electrons. The monoisotopic (exact) mass is 307 g/mol. The number of likely N-dealkylation sites (tertiary alicyclic amines) is 1. The van der Waals surface area contributed by atoms with Crippen molar-refractivity contribution in [2.45, 2.75) is 57.7 Å². The predicted octanol–water partition coefficient (Wildman–Crippen LogP) is 1.83. The molecule has 0 bridgehead atoms. The fraction of sp³-hybridized carbons (Fsp3) is 0.929. The number of carbonyl (C=O) groups excluding carboxylic acids is 1. The van der Waals surface area contributed by atoms with Gasteiger partial charge >= 0.3 is 6.09 Å². The Morgan fingerprint density at radius 2 is 1.95 bits per heavy atom. The highest BCUT2D eigenvalue weighted by atomic mass is 19.3. The first-order chi connectivity index (χ1) is 9.48. The Kier molecular flexibility index (Phi) is 5.92. The van der Waals surface area contributed by atoms with Crippen molar-refractivity contribution in [2.24, 2.45) is 0 Å². The molecule has 1 aliphatic heterocycles. The molecule has 1 rings (SSSR count). The molecule has 2 unspecified atom stereocenters. The standard InChI is InChI=1S/C14H27F2N3O2/c1-10-6-11(7-19(10)5)17-8-14(15,16)9-18-12(20)21-13(2,3)4/h10-11,17H,6-9H2,1-5H3,(H,18,20). The van der Waals surface area contributed by atoms with Crippen molar-refractivity contribution < 1.29 is 18.3 Å². The average Bonchev–Trinajstić information content (AvgIpc) is 2.62. The number of alkyl carbamates (subject to hydrolysis) is 1. The number of alkyl halides is 2. The van der Waals surface area contributed by atoms with Crippen molar-refractivity contribution in [2.75, 3.05) is 26.7 Å². The van der Waals surface area contributed by atoms with Crippen LogP contribution in [0.5, 0.6) is 0 Å². The van der Waals surface area contributed by atoms with Crippen molar-refractivity contribution >= 4 is 6.09 Å². The molecule has 1 aliphatic rings. The van der Waals surface area contributed by atoms with Gasteiger partial charge in [-0.1, -0.05) is 0 Å². The van der Waals surface area contributed by atoms with Gasteiger partial charge in [0.25, 0.3) is 5.92 Å². The lowest BCUT2D eigenvalue weighted by atomic mass is 10.2. The van der Waals surface area contributed by atoms with E-state index in [1.807, 2.05) is 7.05 Å². The molecule has 0 aromatic rings. The van der Waals surface area contributed by atoms with Gasteiger partial charge in [0.1, 0.15) is 5.60 Å². The second-order valence-corrected chi connectivity index (χ2v) is 6.81. The molecule has 5 nitrogen and oxygen atoms in total. The molecular weight excluding hydrogens is 280 g/mol. The maximum atomic E-state index is 13.7. The number of hydrogen-bond donors (Lipinski definition) is 2. The zero-order valence-electron chi connectivity index (χ0n) is 13.5. The molecule has 0 saturated carbocycles. The van der Waals surface area contributed by atoms with E-state index >= 15 is 0 Å². The molecule has 0 aliphatic carbocycles. The number of halogens is 2. The molecule has 0 aromatic carbocycles. The van der Waals surface area contributed by atoms with Gasteiger partial charge in [-0.05, 0) is 41.2 Å². The summed E-state index contributed by atoms with van der Waals surface area (Å²) >= 11 is 0. The molecule has 2 N–H and O–H groups in total. The van der Waals surface area contributed by atoms with Gasteiger partial charge in [-0.3, -0.25) is 0 Å². The highest BCUT2D eigenvalue weighted by molar-refractivity contribution is 5.67. The summed E-state index contributed by atoms with van der Waals surface area (Å²) in [6.45, 7) is 6.71. The summed E-state index contributed by atoms with van der Waals surface area (Å²) in [5.74, 6) is -3.00. The summed E-state index contributed by atoms with van der Waals surface area (Å²) in [6, 6.07) is 0.466. The SMILES string of the molecule is CC1CC(NCC(F)(F)CNC(=O)OC(C)(C)C)CN1C. The van der Waals surface area contributed by atoms with E-state index in [1.54, 1.807) is 20.8 Å². The third kappa shape index (κ3) is 7.04. The normalized spacial score (nSPS) is 24.1. The quantitative estimate of drug-likeness (QED) is 0.813. The number of hydrogen-bond acceptors (Lipinski definition) is 4. The van der Waals surface area contributed by atoms with E-state index in [4.69, 9.17) is 4.74 Å². The van der Waals surface area contributed by atoms with Crippen molar-refractivity contribution in [3.63, 3.8) is 0 Å². The molecule has 2 atom stereocenters. The smallest absolute Gasteiger partial charge is 0.407 e. The molecule has 7 heteroatoms. The fourth-order valence-electron chi connectivity index (χ4n) is 2.21. The Balaban J connectivity index is 2.29. The van der Waals surface area contributed by atoms with Gasteiger partial charge in [0.2, 0.25) is 0 Å². The Morgan fingerprint density at radius 3 is 2.43 bits per heavy atom. The lowest BCUT2D eigenvalue weighted by Gasteiger charge is -2.23. The van der Waals surface area contributed by atoms with E-state index < -0.39 is 30.7 Å². The van der Waals surface area contributed by atoms with Crippen LogP contribution in [0.2, 0.25) is 0 Å². The van der Waals surface area contributed by atoms with Crippen LogP contribution in [0.4, 0.5) is 13.6 Å². The molecule has 0 spiro atoms. The van der Waals surface area contributed by atoms with Crippen molar-refractivity contribution in [1.29, 1.82) is 0 Å². The van der Waals surface area contributed by atoms with Gasteiger partial charge in [-0.2, -0.15) is 0 Å². The van der Waals surface area contributed by atoms with E-state index in [1.165, 1.54) is 0 Å². The lowest BCUT2D eigenvalue weighted by Crippen LogP contribution is -2.47. The van der Waals surface area contributed by atoms with Crippen LogP contribution in [0.3, 0.4) is 0 Å². The van der Waals surface area contributed by atoms with Gasteiger partial charge in [0.15, 0.2) is 0 Å². The summed E-state index contributed by atoms with van der Waals surface area (Å²) in [5, 5.41) is 4.98. The second-order valence-electron chi connectivity index (χ2n) is 6.81. The predicted molar refractivity (Wildman–Crippen MR) is 77.7 cm³/mol. The number of amides is 1. The highest BCUT2D eigenvalue weighted by Crippen LogP contribution is 2.17. The summed E-state index contributed by atoms with van der Waals surface area (Å²) in [4.78, 5) is 13.5. The van der Waals surface area contributed by atoms with Crippen LogP contribution in [0.25, 0.3) is 0 Å². The van der Waals surface area contributed by atoms with Gasteiger partial charge in [-0.15, -0.1) is 0 Å². The van der Waals surface area contributed by atoms with Crippen LogP contribution >= 0.6 is 0 Å². The van der Waals surface area contributed by atoms with Crippen molar-refractivity contribution in [3.8, 4) is 0 Å². The topological polar surface area (TPSA) is 53.6 Å². The Morgan fingerprint density at radius 1 is 1.33 bits per heavy atom.